The highest BCUT2D eigenvalue weighted by molar-refractivity contribution is 6.53. The summed E-state index contributed by atoms with van der Waals surface area (Å²) in [4.78, 5) is 25.5. The van der Waals surface area contributed by atoms with Gasteiger partial charge in [0.15, 0.2) is 17.5 Å². The van der Waals surface area contributed by atoms with Crippen LogP contribution < -0.4 is 16.0 Å². The second kappa shape index (κ2) is 10.2. The highest BCUT2D eigenvalue weighted by Crippen LogP contribution is 2.65. The molecule has 3 aromatic rings. The Kier molecular flexibility index (Phi) is 7.54. The lowest BCUT2D eigenvalue weighted by Crippen LogP contribution is -2.20. The van der Waals surface area contributed by atoms with Crippen LogP contribution in [0.4, 0.5) is 34.6 Å². The van der Waals surface area contributed by atoms with Gasteiger partial charge in [-0.15, -0.1) is 23.2 Å². The van der Waals surface area contributed by atoms with Gasteiger partial charge < -0.3 is 16.0 Å². The largest absolute Gasteiger partial charge is 0.383 e. The summed E-state index contributed by atoms with van der Waals surface area (Å²) in [6.45, 7) is 0. The minimum Gasteiger partial charge on any atom is -0.383 e. The van der Waals surface area contributed by atoms with Gasteiger partial charge in [-0.1, -0.05) is 29.3 Å². The fraction of sp³-hybridized carbons (Fsp3) is 0.167. The van der Waals surface area contributed by atoms with E-state index >= 15 is 0 Å². The molecule has 0 aromatic heterocycles. The number of alkyl halides is 2. The molecule has 0 aliphatic heterocycles. The minimum absolute atomic E-state index is 0.227. The smallest absolute Gasteiger partial charge is 0.258 e. The molecule has 13 heteroatoms. The normalized spacial score (nSPS) is 17.8. The number of nitrogens with one attached hydrogen (secondary N) is 3. The molecule has 2 atom stereocenters. The minimum atomic E-state index is -1.55. The van der Waals surface area contributed by atoms with E-state index in [1.807, 2.05) is 0 Å². The Labute approximate surface area is 228 Å². The van der Waals surface area contributed by atoms with E-state index in [1.54, 1.807) is 6.07 Å². The fourth-order valence-corrected chi connectivity index (χ4v) is 5.02. The van der Waals surface area contributed by atoms with Crippen LogP contribution in [-0.2, 0) is 4.79 Å². The molecular formula is C24H15Cl4F4N3O2. The van der Waals surface area contributed by atoms with Crippen LogP contribution in [0.5, 0.6) is 0 Å². The average Bonchev–Trinajstić information content (AvgIpc) is 3.42. The van der Waals surface area contributed by atoms with Crippen LogP contribution in [0.1, 0.15) is 21.8 Å². The molecule has 0 radical (unpaired) electrons. The third-order valence-corrected chi connectivity index (χ3v) is 7.45. The first kappa shape index (κ1) is 27.3. The predicted octanol–water partition coefficient (Wildman–Crippen LogP) is 7.37. The quantitative estimate of drug-likeness (QED) is 0.206. The number of amides is 2. The molecule has 1 aliphatic rings. The molecule has 1 fully saturated rings. The lowest BCUT2D eigenvalue weighted by atomic mass is 10.1. The van der Waals surface area contributed by atoms with E-state index in [4.69, 9.17) is 46.4 Å². The number of rotatable bonds is 6. The SMILES string of the molecule is CNc1c(F)ccc(NC(=O)c2cc(NC(=O)[C@H]3[C@H](c4ccc(Cl)c(Cl)c4)C3(Cl)Cl)cc(F)c2F)c1F. The molecule has 3 aromatic carbocycles. The summed E-state index contributed by atoms with van der Waals surface area (Å²) < 4.78 is 55.4. The summed E-state index contributed by atoms with van der Waals surface area (Å²) in [7, 11) is 1.26. The van der Waals surface area contributed by atoms with Crippen molar-refractivity contribution in [3.05, 3.63) is 86.9 Å². The third kappa shape index (κ3) is 5.18. The predicted molar refractivity (Wildman–Crippen MR) is 136 cm³/mol. The lowest BCUT2D eigenvalue weighted by Gasteiger charge is -2.12. The van der Waals surface area contributed by atoms with E-state index < -0.39 is 68.2 Å². The standard InChI is InChI=1S/C24H15Cl4F4N3O2/c1-33-21-14(29)4-5-16(20(21)32)35-22(36)11-7-10(8-15(30)19(11)31)34-23(37)18-17(24(18,27)28)9-2-3-12(25)13(26)6-9/h2-8,17-18,33H,1H3,(H,34,37)(H,35,36)/t17-,18+/m0/s1. The molecule has 0 saturated heterocycles. The van der Waals surface area contributed by atoms with Crippen LogP contribution in [0.15, 0.2) is 42.5 Å². The van der Waals surface area contributed by atoms with Gasteiger partial charge in [0, 0.05) is 24.7 Å². The van der Waals surface area contributed by atoms with E-state index in [2.05, 4.69) is 16.0 Å². The summed E-state index contributed by atoms with van der Waals surface area (Å²) in [6.07, 6.45) is 0. The summed E-state index contributed by atoms with van der Waals surface area (Å²) in [5, 5.41) is 7.23. The Morgan fingerprint density at radius 1 is 0.865 bits per heavy atom. The van der Waals surface area contributed by atoms with Crippen molar-refractivity contribution in [2.24, 2.45) is 5.92 Å². The van der Waals surface area contributed by atoms with Crippen LogP contribution in [-0.4, -0.2) is 23.2 Å². The zero-order valence-corrected chi connectivity index (χ0v) is 21.6. The summed E-state index contributed by atoms with van der Waals surface area (Å²) in [6, 6.07) is 7.92. The zero-order valence-electron chi connectivity index (χ0n) is 18.5. The molecule has 194 valence electrons. The van der Waals surface area contributed by atoms with Gasteiger partial charge in [-0.3, -0.25) is 9.59 Å². The Morgan fingerprint density at radius 2 is 1.57 bits per heavy atom. The van der Waals surface area contributed by atoms with Gasteiger partial charge >= 0.3 is 0 Å². The summed E-state index contributed by atoms with van der Waals surface area (Å²) in [5.41, 5.74) is -1.61. The first-order chi connectivity index (χ1) is 17.4. The number of hydrogen-bond donors (Lipinski definition) is 3. The molecule has 37 heavy (non-hydrogen) atoms. The first-order valence-electron chi connectivity index (χ1n) is 10.5. The van der Waals surface area contributed by atoms with E-state index in [1.165, 1.54) is 19.2 Å². The maximum Gasteiger partial charge on any atom is 0.258 e. The molecular weight excluding hydrogens is 580 g/mol. The zero-order chi connectivity index (χ0) is 27.2. The summed E-state index contributed by atoms with van der Waals surface area (Å²) >= 11 is 24.6. The third-order valence-electron chi connectivity index (χ3n) is 5.77. The Hall–Kier alpha value is -2.72. The molecule has 5 nitrogen and oxygen atoms in total. The molecule has 1 aliphatic carbocycles. The Morgan fingerprint density at radius 3 is 2.22 bits per heavy atom. The summed E-state index contributed by atoms with van der Waals surface area (Å²) in [5.74, 6) is -8.73. The van der Waals surface area contributed by atoms with Crippen molar-refractivity contribution < 1.29 is 27.2 Å². The first-order valence-corrected chi connectivity index (χ1v) is 12.0. The van der Waals surface area contributed by atoms with Gasteiger partial charge in [0.1, 0.15) is 15.8 Å². The molecule has 3 N–H and O–H groups in total. The second-order valence-electron chi connectivity index (χ2n) is 8.10. The van der Waals surface area contributed by atoms with Gasteiger partial charge in [0.25, 0.3) is 5.91 Å². The van der Waals surface area contributed by atoms with Crippen molar-refractivity contribution in [2.45, 2.75) is 10.3 Å². The van der Waals surface area contributed by atoms with Gasteiger partial charge in [-0.2, -0.15) is 0 Å². The van der Waals surface area contributed by atoms with E-state index in [-0.39, 0.29) is 15.7 Å². The molecule has 0 spiro atoms. The van der Waals surface area contributed by atoms with E-state index in [0.29, 0.717) is 11.6 Å². The van der Waals surface area contributed by atoms with Crippen molar-refractivity contribution in [1.82, 2.24) is 0 Å². The Bertz CT molecular complexity index is 1440. The molecule has 0 heterocycles. The van der Waals surface area contributed by atoms with Crippen molar-refractivity contribution in [2.75, 3.05) is 23.0 Å². The highest BCUT2D eigenvalue weighted by Gasteiger charge is 2.67. The lowest BCUT2D eigenvalue weighted by molar-refractivity contribution is -0.117. The van der Waals surface area contributed by atoms with Crippen molar-refractivity contribution in [3.63, 3.8) is 0 Å². The number of halogens is 8. The highest BCUT2D eigenvalue weighted by atomic mass is 35.5. The van der Waals surface area contributed by atoms with E-state index in [9.17, 15) is 27.2 Å². The Balaban J connectivity index is 1.56. The number of carbonyl (C=O) groups is 2. The molecule has 2 amide bonds. The van der Waals surface area contributed by atoms with Crippen LogP contribution in [0.2, 0.25) is 10.0 Å². The second-order valence-corrected chi connectivity index (χ2v) is 10.4. The van der Waals surface area contributed by atoms with Crippen LogP contribution >= 0.6 is 46.4 Å². The topological polar surface area (TPSA) is 70.2 Å². The maximum atomic E-state index is 14.5. The number of anilines is 3. The average molecular weight is 595 g/mol. The van der Waals surface area contributed by atoms with Gasteiger partial charge in [-0.25, -0.2) is 17.6 Å². The molecule has 4 rings (SSSR count). The van der Waals surface area contributed by atoms with Gasteiger partial charge in [-0.05, 0) is 35.9 Å². The van der Waals surface area contributed by atoms with Gasteiger partial charge in [0.2, 0.25) is 5.91 Å². The molecule has 0 bridgehead atoms. The van der Waals surface area contributed by atoms with Crippen molar-refractivity contribution >= 4 is 75.3 Å². The maximum absolute atomic E-state index is 14.5. The van der Waals surface area contributed by atoms with Crippen LogP contribution in [0, 0.1) is 29.2 Å². The fourth-order valence-electron chi connectivity index (χ4n) is 3.89. The molecule has 0 unspecified atom stereocenters. The monoisotopic (exact) mass is 593 g/mol. The number of benzene rings is 3. The molecule has 1 saturated carbocycles. The van der Waals surface area contributed by atoms with Crippen molar-refractivity contribution in [3.8, 4) is 0 Å². The van der Waals surface area contributed by atoms with Gasteiger partial charge in [0.05, 0.1) is 27.2 Å². The van der Waals surface area contributed by atoms with Crippen LogP contribution in [0.3, 0.4) is 0 Å². The van der Waals surface area contributed by atoms with Crippen molar-refractivity contribution in [1.29, 1.82) is 0 Å². The number of hydrogen-bond acceptors (Lipinski definition) is 3. The van der Waals surface area contributed by atoms with E-state index in [0.717, 1.165) is 18.2 Å². The number of carbonyl (C=O) groups excluding carboxylic acids is 2. The van der Waals surface area contributed by atoms with Crippen LogP contribution in [0.25, 0.3) is 0 Å².